The van der Waals surface area contributed by atoms with Crippen molar-refractivity contribution in [3.63, 3.8) is 0 Å². The van der Waals surface area contributed by atoms with Crippen LogP contribution >= 0.6 is 11.6 Å². The predicted molar refractivity (Wildman–Crippen MR) is 78.3 cm³/mol. The number of benzene rings is 1. The number of aromatic nitrogens is 1. The monoisotopic (exact) mass is 290 g/mol. The van der Waals surface area contributed by atoms with E-state index >= 15 is 0 Å². The molecule has 2 rings (SSSR count). The Bertz CT molecular complexity index is 585. The molecular weight excluding hydrogens is 276 g/mol. The van der Waals surface area contributed by atoms with E-state index in [1.807, 2.05) is 24.3 Å². The molecule has 0 spiro atoms. The number of amides is 1. The van der Waals surface area contributed by atoms with Crippen LogP contribution in [0.2, 0.25) is 5.02 Å². The Morgan fingerprint density at radius 3 is 2.70 bits per heavy atom. The second-order valence-electron chi connectivity index (χ2n) is 4.21. The van der Waals surface area contributed by atoms with E-state index in [2.05, 4.69) is 10.3 Å². The summed E-state index contributed by atoms with van der Waals surface area (Å²) in [5.74, 6) is 0.599. The molecule has 0 saturated carbocycles. The fraction of sp³-hybridized carbons (Fsp3) is 0.200. The molecule has 104 valence electrons. The minimum atomic E-state index is -0.221. The molecule has 0 unspecified atom stereocenters. The normalized spacial score (nSPS) is 10.1. The van der Waals surface area contributed by atoms with Crippen LogP contribution in [0, 0.1) is 0 Å². The summed E-state index contributed by atoms with van der Waals surface area (Å²) in [4.78, 5) is 15.8. The maximum atomic E-state index is 11.8. The van der Waals surface area contributed by atoms with Crippen molar-refractivity contribution in [1.29, 1.82) is 0 Å². The average Bonchev–Trinajstić information content (AvgIpc) is 2.48. The van der Waals surface area contributed by atoms with Crippen LogP contribution in [-0.4, -0.2) is 24.5 Å². The Balaban J connectivity index is 1.84. The first-order valence-electron chi connectivity index (χ1n) is 6.22. The summed E-state index contributed by atoms with van der Waals surface area (Å²) in [5, 5.41) is 3.31. The standard InChI is InChI=1S/C15H15ClN2O2/c1-20-13-4-2-11(3-5-13)6-8-18-15(19)14-10-12(16)7-9-17-14/h2-5,7,9-10H,6,8H2,1H3,(H,18,19). The topological polar surface area (TPSA) is 51.2 Å². The number of nitrogens with zero attached hydrogens (tertiary/aromatic N) is 1. The number of ether oxygens (including phenoxy) is 1. The van der Waals surface area contributed by atoms with E-state index < -0.39 is 0 Å². The minimum absolute atomic E-state index is 0.221. The molecule has 1 aromatic carbocycles. The van der Waals surface area contributed by atoms with Crippen molar-refractivity contribution in [3.05, 3.63) is 58.9 Å². The number of carbonyl (C=O) groups is 1. The highest BCUT2D eigenvalue weighted by Crippen LogP contribution is 2.11. The van der Waals surface area contributed by atoms with Gasteiger partial charge in [0.25, 0.3) is 5.91 Å². The van der Waals surface area contributed by atoms with E-state index in [0.717, 1.165) is 17.7 Å². The summed E-state index contributed by atoms with van der Waals surface area (Å²) in [5.41, 5.74) is 1.46. The highest BCUT2D eigenvalue weighted by molar-refractivity contribution is 6.30. The quantitative estimate of drug-likeness (QED) is 0.921. The van der Waals surface area contributed by atoms with Crippen LogP contribution in [0.1, 0.15) is 16.1 Å². The SMILES string of the molecule is COc1ccc(CCNC(=O)c2cc(Cl)ccn2)cc1. The van der Waals surface area contributed by atoms with Crippen LogP contribution in [0.3, 0.4) is 0 Å². The van der Waals surface area contributed by atoms with Crippen molar-refractivity contribution in [2.45, 2.75) is 6.42 Å². The maximum absolute atomic E-state index is 11.8. The van der Waals surface area contributed by atoms with Gasteiger partial charge in [0.2, 0.25) is 0 Å². The predicted octanol–water partition coefficient (Wildman–Crippen LogP) is 2.72. The van der Waals surface area contributed by atoms with Crippen molar-refractivity contribution in [1.82, 2.24) is 10.3 Å². The van der Waals surface area contributed by atoms with Gasteiger partial charge in [-0.15, -0.1) is 0 Å². The van der Waals surface area contributed by atoms with E-state index in [4.69, 9.17) is 16.3 Å². The maximum Gasteiger partial charge on any atom is 0.269 e. The molecule has 1 amide bonds. The molecule has 0 aliphatic rings. The van der Waals surface area contributed by atoms with Crippen molar-refractivity contribution in [3.8, 4) is 5.75 Å². The summed E-state index contributed by atoms with van der Waals surface area (Å²) in [6.45, 7) is 0.541. The van der Waals surface area contributed by atoms with Gasteiger partial charge in [-0.3, -0.25) is 9.78 Å². The van der Waals surface area contributed by atoms with Crippen molar-refractivity contribution < 1.29 is 9.53 Å². The van der Waals surface area contributed by atoms with E-state index in [9.17, 15) is 4.79 Å². The first-order valence-corrected chi connectivity index (χ1v) is 6.59. The molecule has 0 aliphatic heterocycles. The lowest BCUT2D eigenvalue weighted by Crippen LogP contribution is -2.26. The molecule has 1 heterocycles. The molecule has 5 heteroatoms. The largest absolute Gasteiger partial charge is 0.497 e. The van der Waals surface area contributed by atoms with Gasteiger partial charge in [0.05, 0.1) is 7.11 Å². The molecule has 0 fully saturated rings. The first-order chi connectivity index (χ1) is 9.69. The van der Waals surface area contributed by atoms with Gasteiger partial charge in [0.15, 0.2) is 0 Å². The lowest BCUT2D eigenvalue weighted by atomic mass is 10.1. The molecule has 2 aromatic rings. The summed E-state index contributed by atoms with van der Waals surface area (Å²) in [6.07, 6.45) is 2.26. The summed E-state index contributed by atoms with van der Waals surface area (Å²) < 4.78 is 5.09. The van der Waals surface area contributed by atoms with Crippen LogP contribution < -0.4 is 10.1 Å². The summed E-state index contributed by atoms with van der Waals surface area (Å²) in [7, 11) is 1.63. The average molecular weight is 291 g/mol. The number of hydrogen-bond acceptors (Lipinski definition) is 3. The van der Waals surface area contributed by atoms with E-state index in [-0.39, 0.29) is 5.91 Å². The van der Waals surface area contributed by atoms with Gasteiger partial charge in [-0.1, -0.05) is 23.7 Å². The van der Waals surface area contributed by atoms with Gasteiger partial charge in [-0.05, 0) is 36.2 Å². The third-order valence-corrected chi connectivity index (χ3v) is 3.05. The first kappa shape index (κ1) is 14.3. The Labute approximate surface area is 122 Å². The van der Waals surface area contributed by atoms with Gasteiger partial charge < -0.3 is 10.1 Å². The number of hydrogen-bond donors (Lipinski definition) is 1. The molecule has 4 nitrogen and oxygen atoms in total. The number of rotatable bonds is 5. The Kier molecular flexibility index (Phi) is 4.96. The fourth-order valence-corrected chi connectivity index (χ4v) is 1.89. The van der Waals surface area contributed by atoms with Gasteiger partial charge in [0, 0.05) is 17.8 Å². The summed E-state index contributed by atoms with van der Waals surface area (Å²) in [6, 6.07) is 10.9. The zero-order chi connectivity index (χ0) is 14.4. The van der Waals surface area contributed by atoms with Crippen LogP contribution in [0.25, 0.3) is 0 Å². The third kappa shape index (κ3) is 3.96. The number of halogens is 1. The van der Waals surface area contributed by atoms with E-state index in [1.165, 1.54) is 6.20 Å². The molecule has 1 aromatic heterocycles. The summed E-state index contributed by atoms with van der Waals surface area (Å²) >= 11 is 5.82. The van der Waals surface area contributed by atoms with Crippen LogP contribution in [0.5, 0.6) is 5.75 Å². The van der Waals surface area contributed by atoms with Gasteiger partial charge in [-0.2, -0.15) is 0 Å². The van der Waals surface area contributed by atoms with Gasteiger partial charge in [0.1, 0.15) is 11.4 Å². The third-order valence-electron chi connectivity index (χ3n) is 2.81. The van der Waals surface area contributed by atoms with Gasteiger partial charge >= 0.3 is 0 Å². The van der Waals surface area contributed by atoms with E-state index in [1.54, 1.807) is 19.2 Å². The molecule has 20 heavy (non-hydrogen) atoms. The number of nitrogens with one attached hydrogen (secondary N) is 1. The Morgan fingerprint density at radius 1 is 1.30 bits per heavy atom. The van der Waals surface area contributed by atoms with Gasteiger partial charge in [-0.25, -0.2) is 0 Å². The number of methoxy groups -OCH3 is 1. The Morgan fingerprint density at radius 2 is 2.05 bits per heavy atom. The van der Waals surface area contributed by atoms with Crippen molar-refractivity contribution >= 4 is 17.5 Å². The highest BCUT2D eigenvalue weighted by Gasteiger charge is 2.06. The number of carbonyl (C=O) groups excluding carboxylic acids is 1. The second kappa shape index (κ2) is 6.91. The molecule has 0 aliphatic carbocycles. The zero-order valence-corrected chi connectivity index (χ0v) is 11.9. The molecule has 0 saturated heterocycles. The molecule has 0 radical (unpaired) electrons. The highest BCUT2D eigenvalue weighted by atomic mass is 35.5. The van der Waals surface area contributed by atoms with E-state index in [0.29, 0.717) is 17.3 Å². The minimum Gasteiger partial charge on any atom is -0.497 e. The van der Waals surface area contributed by atoms with Crippen LogP contribution in [0.4, 0.5) is 0 Å². The molecule has 0 atom stereocenters. The lowest BCUT2D eigenvalue weighted by Gasteiger charge is -2.06. The smallest absolute Gasteiger partial charge is 0.269 e. The molecule has 1 N–H and O–H groups in total. The van der Waals surface area contributed by atoms with Crippen LogP contribution in [-0.2, 0) is 6.42 Å². The second-order valence-corrected chi connectivity index (χ2v) is 4.65. The Hall–Kier alpha value is -2.07. The molecular formula is C15H15ClN2O2. The lowest BCUT2D eigenvalue weighted by molar-refractivity contribution is 0.0949. The van der Waals surface area contributed by atoms with Crippen molar-refractivity contribution in [2.75, 3.05) is 13.7 Å². The number of pyridine rings is 1. The fourth-order valence-electron chi connectivity index (χ4n) is 1.73. The molecule has 0 bridgehead atoms. The zero-order valence-electron chi connectivity index (χ0n) is 11.1. The van der Waals surface area contributed by atoms with Crippen LogP contribution in [0.15, 0.2) is 42.6 Å². The van der Waals surface area contributed by atoms with Crippen molar-refractivity contribution in [2.24, 2.45) is 0 Å².